The highest BCUT2D eigenvalue weighted by Crippen LogP contribution is 2.51. The summed E-state index contributed by atoms with van der Waals surface area (Å²) >= 11 is 3.73. The second-order valence-electron chi connectivity index (χ2n) is 17.7. The number of hydrogen-bond donors (Lipinski definition) is 0. The van der Waals surface area contributed by atoms with Crippen LogP contribution in [0.25, 0.3) is 62.6 Å². The number of hydrogen-bond acceptors (Lipinski definition) is 5. The Morgan fingerprint density at radius 1 is 0.239 bits per heavy atom. The van der Waals surface area contributed by atoms with E-state index in [1.165, 1.54) is 62.6 Å². The van der Waals surface area contributed by atoms with Gasteiger partial charge >= 0.3 is 0 Å². The maximum absolute atomic E-state index is 2.47. The lowest BCUT2D eigenvalue weighted by atomic mass is 9.98. The van der Waals surface area contributed by atoms with Gasteiger partial charge < -0.3 is 14.7 Å². The minimum atomic E-state index is 1.07. The fourth-order valence-corrected chi connectivity index (χ4v) is 12.5. The van der Waals surface area contributed by atoms with Gasteiger partial charge in [0.2, 0.25) is 0 Å². The summed E-state index contributed by atoms with van der Waals surface area (Å²) in [6, 6.07) is 99.0. The van der Waals surface area contributed by atoms with Gasteiger partial charge in [-0.2, -0.15) is 0 Å². The molecule has 13 aromatic rings. The van der Waals surface area contributed by atoms with Crippen molar-refractivity contribution in [1.29, 1.82) is 0 Å². The maximum Gasteiger partial charge on any atom is 0.0640 e. The number of thiophene rings is 2. The first-order chi connectivity index (χ1) is 35.2. The van der Waals surface area contributed by atoms with Gasteiger partial charge in [-0.3, -0.25) is 0 Å². The summed E-state index contributed by atoms with van der Waals surface area (Å²) in [7, 11) is 0. The third-order valence-electron chi connectivity index (χ3n) is 13.4. The van der Waals surface area contributed by atoms with Crippen molar-refractivity contribution >= 4 is 114 Å². The molecule has 2 aromatic heterocycles. The van der Waals surface area contributed by atoms with E-state index in [1.807, 2.05) is 22.7 Å². The molecule has 0 fully saturated rings. The molecule has 5 heteroatoms. The van der Waals surface area contributed by atoms with Crippen LogP contribution < -0.4 is 14.7 Å². The van der Waals surface area contributed by atoms with Crippen molar-refractivity contribution in [3.8, 4) is 22.3 Å². The number of fused-ring (bicyclic) bond motifs is 6. The van der Waals surface area contributed by atoms with E-state index in [2.05, 4.69) is 288 Å². The van der Waals surface area contributed by atoms with Gasteiger partial charge in [0, 0.05) is 81.1 Å². The molecule has 3 nitrogen and oxygen atoms in total. The van der Waals surface area contributed by atoms with Crippen molar-refractivity contribution in [2.24, 2.45) is 0 Å². The van der Waals surface area contributed by atoms with Crippen LogP contribution in [0.5, 0.6) is 0 Å². The Morgan fingerprint density at radius 2 is 0.662 bits per heavy atom. The highest BCUT2D eigenvalue weighted by atomic mass is 32.1. The Morgan fingerprint density at radius 3 is 1.28 bits per heavy atom. The summed E-state index contributed by atoms with van der Waals surface area (Å²) in [5, 5.41) is 5.07. The average molecular weight is 944 g/mol. The molecule has 71 heavy (non-hydrogen) atoms. The van der Waals surface area contributed by atoms with Gasteiger partial charge in [0.05, 0.1) is 10.4 Å². The van der Waals surface area contributed by atoms with Crippen LogP contribution in [0.1, 0.15) is 0 Å². The van der Waals surface area contributed by atoms with Crippen LogP contribution in [-0.2, 0) is 0 Å². The van der Waals surface area contributed by atoms with Crippen molar-refractivity contribution < 1.29 is 0 Å². The molecule has 0 saturated carbocycles. The Hall–Kier alpha value is -8.74. The van der Waals surface area contributed by atoms with E-state index < -0.39 is 0 Å². The van der Waals surface area contributed by atoms with E-state index in [9.17, 15) is 0 Å². The molecule has 336 valence electrons. The average Bonchev–Trinajstić information content (AvgIpc) is 4.02. The lowest BCUT2D eigenvalue weighted by Gasteiger charge is -2.29. The molecule has 0 amide bonds. The third kappa shape index (κ3) is 7.88. The molecule has 0 aliphatic heterocycles. The molecule has 0 spiro atoms. The van der Waals surface area contributed by atoms with Crippen LogP contribution in [0, 0.1) is 0 Å². The van der Waals surface area contributed by atoms with Gasteiger partial charge in [-0.1, -0.05) is 170 Å². The summed E-state index contributed by atoms with van der Waals surface area (Å²) in [4.78, 5) is 7.19. The minimum absolute atomic E-state index is 1.07. The molecule has 0 radical (unpaired) electrons. The number of rotatable bonds is 11. The molecule has 0 aliphatic carbocycles. The molecule has 0 bridgehead atoms. The van der Waals surface area contributed by atoms with Crippen molar-refractivity contribution in [3.05, 3.63) is 273 Å². The van der Waals surface area contributed by atoms with Gasteiger partial charge in [-0.05, 0) is 125 Å². The lowest BCUT2D eigenvalue weighted by molar-refractivity contribution is 1.25. The Balaban J connectivity index is 1.01. The summed E-state index contributed by atoms with van der Waals surface area (Å²) in [5.41, 5.74) is 14.7. The van der Waals surface area contributed by atoms with E-state index >= 15 is 0 Å². The van der Waals surface area contributed by atoms with Crippen molar-refractivity contribution in [2.75, 3.05) is 14.7 Å². The lowest BCUT2D eigenvalue weighted by Crippen LogP contribution is -2.13. The molecule has 0 saturated heterocycles. The summed E-state index contributed by atoms with van der Waals surface area (Å²) < 4.78 is 5.02. The normalized spacial score (nSPS) is 11.4. The quantitative estimate of drug-likeness (QED) is 0.128. The first-order valence-electron chi connectivity index (χ1n) is 24.0. The number of para-hydroxylation sites is 3. The number of benzene rings is 11. The molecule has 0 aliphatic rings. The third-order valence-corrected chi connectivity index (χ3v) is 15.7. The Labute approximate surface area is 421 Å². The van der Waals surface area contributed by atoms with E-state index in [-0.39, 0.29) is 0 Å². The van der Waals surface area contributed by atoms with Gasteiger partial charge in [0.25, 0.3) is 0 Å². The molecular formula is C66H45N3S2. The summed E-state index contributed by atoms with van der Waals surface area (Å²) in [6.07, 6.45) is 0. The second kappa shape index (κ2) is 18.3. The van der Waals surface area contributed by atoms with Gasteiger partial charge in [-0.15, -0.1) is 22.7 Å². The van der Waals surface area contributed by atoms with E-state index in [4.69, 9.17) is 0 Å². The Bertz CT molecular complexity index is 3940. The molecule has 2 heterocycles. The van der Waals surface area contributed by atoms with Crippen LogP contribution in [0.3, 0.4) is 0 Å². The standard InChI is InChI=1S/C66H45N3S2/c1-6-19-46(20-7-1)47-33-35-52(36-34-47)69(56-37-39-59-58-31-16-17-32-62(58)70-63(59)45-56)61-42-41-57(48-21-8-2-9-22-48)65-60-40-38-55(44-64(60)71-66(61)65)68(51-27-14-5-15-28-51)54-30-18-29-53(43-54)67(49-23-10-3-11-24-49)50-25-12-4-13-26-50/h1-45H. The zero-order valence-corrected chi connectivity index (χ0v) is 40.3. The molecule has 11 aromatic carbocycles. The smallest absolute Gasteiger partial charge is 0.0640 e. The van der Waals surface area contributed by atoms with Crippen molar-refractivity contribution in [2.45, 2.75) is 0 Å². The molecule has 0 atom stereocenters. The van der Waals surface area contributed by atoms with E-state index in [0.717, 1.165) is 51.2 Å². The molecular weight excluding hydrogens is 899 g/mol. The van der Waals surface area contributed by atoms with E-state index in [1.54, 1.807) is 0 Å². The summed E-state index contributed by atoms with van der Waals surface area (Å²) in [5.74, 6) is 0. The monoisotopic (exact) mass is 943 g/mol. The Kier molecular flexibility index (Phi) is 10.9. The topological polar surface area (TPSA) is 9.72 Å². The number of anilines is 9. The zero-order chi connectivity index (χ0) is 47.1. The second-order valence-corrected chi connectivity index (χ2v) is 19.8. The molecule has 0 N–H and O–H groups in total. The van der Waals surface area contributed by atoms with Crippen LogP contribution in [0.2, 0.25) is 0 Å². The summed E-state index contributed by atoms with van der Waals surface area (Å²) in [6.45, 7) is 0. The highest BCUT2D eigenvalue weighted by molar-refractivity contribution is 7.26. The van der Waals surface area contributed by atoms with Gasteiger partial charge in [0.15, 0.2) is 0 Å². The predicted octanol–water partition coefficient (Wildman–Crippen LogP) is 20.2. The maximum atomic E-state index is 2.47. The minimum Gasteiger partial charge on any atom is -0.310 e. The van der Waals surface area contributed by atoms with Gasteiger partial charge in [0.1, 0.15) is 0 Å². The first kappa shape index (κ1) is 42.4. The zero-order valence-electron chi connectivity index (χ0n) is 38.6. The van der Waals surface area contributed by atoms with Crippen LogP contribution in [0.4, 0.5) is 51.2 Å². The molecule has 0 unspecified atom stereocenters. The van der Waals surface area contributed by atoms with E-state index in [0.29, 0.717) is 0 Å². The van der Waals surface area contributed by atoms with Crippen LogP contribution in [-0.4, -0.2) is 0 Å². The largest absolute Gasteiger partial charge is 0.310 e. The van der Waals surface area contributed by atoms with Crippen LogP contribution >= 0.6 is 22.7 Å². The van der Waals surface area contributed by atoms with Crippen molar-refractivity contribution in [3.63, 3.8) is 0 Å². The predicted molar refractivity (Wildman–Crippen MR) is 307 cm³/mol. The van der Waals surface area contributed by atoms with Gasteiger partial charge in [-0.25, -0.2) is 0 Å². The van der Waals surface area contributed by atoms with Crippen molar-refractivity contribution in [1.82, 2.24) is 0 Å². The fourth-order valence-electron chi connectivity index (χ4n) is 10.1. The highest BCUT2D eigenvalue weighted by Gasteiger charge is 2.24. The number of nitrogens with zero attached hydrogens (tertiary/aromatic N) is 3. The SMILES string of the molecule is c1ccc(-c2ccc(N(c3ccc4c(c3)sc3ccccc34)c3ccc(-c4ccccc4)c4c3sc3cc(N(c5ccccc5)c5cccc(N(c6ccccc6)c6ccccc6)c5)ccc34)cc2)cc1. The fraction of sp³-hybridized carbons (Fsp3) is 0. The molecule has 13 rings (SSSR count). The first-order valence-corrected chi connectivity index (χ1v) is 25.6. The van der Waals surface area contributed by atoms with Crippen LogP contribution in [0.15, 0.2) is 273 Å².